The van der Waals surface area contributed by atoms with E-state index in [1.54, 1.807) is 40.7 Å². The second-order valence-electron chi connectivity index (χ2n) is 8.22. The van der Waals surface area contributed by atoms with Gasteiger partial charge in [-0.15, -0.1) is 0 Å². The van der Waals surface area contributed by atoms with Crippen LogP contribution in [-0.2, 0) is 35.1 Å². The molecule has 0 bridgehead atoms. The second kappa shape index (κ2) is 14.3. The minimum absolute atomic E-state index is 0.0711. The van der Waals surface area contributed by atoms with E-state index < -0.39 is 36.2 Å². The van der Waals surface area contributed by atoms with Crippen molar-refractivity contribution < 1.29 is 38.1 Å². The van der Waals surface area contributed by atoms with Gasteiger partial charge in [0.2, 0.25) is 0 Å². The van der Waals surface area contributed by atoms with Gasteiger partial charge < -0.3 is 24.7 Å². The average molecular weight is 480 g/mol. The average Bonchev–Trinajstić information content (AvgIpc) is 2.80. The Morgan fingerprint density at radius 1 is 0.824 bits per heavy atom. The fraction of sp³-hybridized carbons (Fsp3) is 0.600. The van der Waals surface area contributed by atoms with Crippen LogP contribution in [0.25, 0.3) is 0 Å². The molecule has 4 atom stereocenters. The minimum atomic E-state index is -1.01. The molecule has 9 heteroatoms. The van der Waals surface area contributed by atoms with Gasteiger partial charge in [0.25, 0.3) is 0 Å². The first kappa shape index (κ1) is 29.1. The van der Waals surface area contributed by atoms with Crippen molar-refractivity contribution in [3.8, 4) is 11.5 Å². The first-order valence-corrected chi connectivity index (χ1v) is 11.7. The summed E-state index contributed by atoms with van der Waals surface area (Å²) in [6, 6.07) is 3.60. The molecule has 0 aliphatic heterocycles. The Labute approximate surface area is 201 Å². The van der Waals surface area contributed by atoms with Crippen molar-refractivity contribution in [2.24, 2.45) is 11.7 Å². The van der Waals surface area contributed by atoms with Crippen molar-refractivity contribution in [1.82, 2.24) is 0 Å². The summed E-state index contributed by atoms with van der Waals surface area (Å²) in [5, 5.41) is 0. The van der Waals surface area contributed by atoms with Crippen LogP contribution in [0.15, 0.2) is 18.2 Å². The molecule has 0 radical (unpaired) electrons. The first-order valence-electron chi connectivity index (χ1n) is 11.7. The fourth-order valence-electron chi connectivity index (χ4n) is 2.88. The van der Waals surface area contributed by atoms with Gasteiger partial charge in [-0.2, -0.15) is 0 Å². The lowest BCUT2D eigenvalue weighted by molar-refractivity contribution is -0.168. The first-order chi connectivity index (χ1) is 16.0. The van der Waals surface area contributed by atoms with Crippen molar-refractivity contribution >= 4 is 23.9 Å². The van der Waals surface area contributed by atoms with Gasteiger partial charge in [0.1, 0.15) is 18.2 Å². The lowest BCUT2D eigenvalue weighted by Gasteiger charge is -2.23. The summed E-state index contributed by atoms with van der Waals surface area (Å²) in [6.45, 7) is 10.4. The summed E-state index contributed by atoms with van der Waals surface area (Å²) in [5.74, 6) is -2.02. The zero-order valence-corrected chi connectivity index (χ0v) is 20.9. The van der Waals surface area contributed by atoms with Gasteiger partial charge in [0.15, 0.2) is 11.5 Å². The quantitative estimate of drug-likeness (QED) is 0.333. The summed E-state index contributed by atoms with van der Waals surface area (Å²) in [7, 11) is 0. The van der Waals surface area contributed by atoms with Gasteiger partial charge in [-0.25, -0.2) is 0 Å². The van der Waals surface area contributed by atoms with Crippen molar-refractivity contribution in [2.45, 2.75) is 91.9 Å². The van der Waals surface area contributed by atoms with Crippen molar-refractivity contribution in [2.75, 3.05) is 0 Å². The highest BCUT2D eigenvalue weighted by atomic mass is 16.6. The molecule has 0 amide bonds. The zero-order chi connectivity index (χ0) is 25.8. The van der Waals surface area contributed by atoms with Gasteiger partial charge in [0.05, 0.1) is 5.92 Å². The van der Waals surface area contributed by atoms with Gasteiger partial charge in [-0.05, 0) is 44.4 Å². The van der Waals surface area contributed by atoms with Gasteiger partial charge in [-0.1, -0.05) is 40.2 Å². The topological polar surface area (TPSA) is 131 Å². The van der Waals surface area contributed by atoms with Crippen LogP contribution in [0.3, 0.4) is 0 Å². The molecule has 34 heavy (non-hydrogen) atoms. The standard InChI is InChI=1S/C25H37NO8/c1-7-10-15(4)24(29)31-16(5)17(6)32-25(30)19(26)13-18-11-12-20(33-22(27)8-2)21(14-18)34-23(28)9-3/h11-12,14-17,19H,7-10,13,26H2,1-6H3/t15?,16-,17-,19-/m0/s1. The normalized spacial score (nSPS) is 14.3. The number of carbonyl (C=O) groups excluding carboxylic acids is 4. The van der Waals surface area contributed by atoms with Crippen molar-refractivity contribution in [1.29, 1.82) is 0 Å². The Morgan fingerprint density at radius 2 is 1.35 bits per heavy atom. The van der Waals surface area contributed by atoms with E-state index in [9.17, 15) is 19.2 Å². The van der Waals surface area contributed by atoms with E-state index in [1.165, 1.54) is 12.1 Å². The molecule has 0 aromatic heterocycles. The van der Waals surface area contributed by atoms with Crippen molar-refractivity contribution in [3.05, 3.63) is 23.8 Å². The van der Waals surface area contributed by atoms with Crippen LogP contribution in [0.1, 0.15) is 72.8 Å². The Bertz CT molecular complexity index is 853. The molecule has 9 nitrogen and oxygen atoms in total. The van der Waals surface area contributed by atoms with Crippen LogP contribution in [0.5, 0.6) is 11.5 Å². The summed E-state index contributed by atoms with van der Waals surface area (Å²) in [4.78, 5) is 48.0. The van der Waals surface area contributed by atoms with Crippen LogP contribution in [-0.4, -0.2) is 42.1 Å². The van der Waals surface area contributed by atoms with E-state index in [0.717, 1.165) is 12.8 Å². The van der Waals surface area contributed by atoms with E-state index in [1.807, 2.05) is 6.92 Å². The molecule has 190 valence electrons. The largest absolute Gasteiger partial charge is 0.459 e. The monoisotopic (exact) mass is 479 g/mol. The van der Waals surface area contributed by atoms with Crippen LogP contribution >= 0.6 is 0 Å². The lowest BCUT2D eigenvalue weighted by atomic mass is 10.1. The number of rotatable bonds is 13. The molecule has 2 N–H and O–H groups in total. The fourth-order valence-corrected chi connectivity index (χ4v) is 2.88. The molecule has 0 saturated heterocycles. The summed E-state index contributed by atoms with van der Waals surface area (Å²) in [5.41, 5.74) is 6.61. The van der Waals surface area contributed by atoms with Crippen LogP contribution in [0.2, 0.25) is 0 Å². The molecule has 0 fully saturated rings. The van der Waals surface area contributed by atoms with Gasteiger partial charge >= 0.3 is 23.9 Å². The highest BCUT2D eigenvalue weighted by Gasteiger charge is 2.26. The van der Waals surface area contributed by atoms with E-state index in [-0.39, 0.29) is 42.6 Å². The highest BCUT2D eigenvalue weighted by molar-refractivity contribution is 5.77. The third-order valence-electron chi connectivity index (χ3n) is 5.18. The highest BCUT2D eigenvalue weighted by Crippen LogP contribution is 2.30. The second-order valence-corrected chi connectivity index (χ2v) is 8.22. The molecule has 0 saturated carbocycles. The van der Waals surface area contributed by atoms with Crippen LogP contribution in [0.4, 0.5) is 0 Å². The van der Waals surface area contributed by atoms with Crippen molar-refractivity contribution in [3.63, 3.8) is 0 Å². The molecule has 1 rings (SSSR count). The smallest absolute Gasteiger partial charge is 0.323 e. The minimum Gasteiger partial charge on any atom is -0.459 e. The van der Waals surface area contributed by atoms with E-state index >= 15 is 0 Å². The molecular weight excluding hydrogens is 442 g/mol. The third kappa shape index (κ3) is 9.51. The number of carbonyl (C=O) groups is 4. The van der Waals surface area contributed by atoms with Crippen LogP contribution in [0, 0.1) is 5.92 Å². The summed E-state index contributed by atoms with van der Waals surface area (Å²) >= 11 is 0. The number of ether oxygens (including phenoxy) is 4. The maximum absolute atomic E-state index is 12.5. The lowest BCUT2D eigenvalue weighted by Crippen LogP contribution is -2.40. The maximum Gasteiger partial charge on any atom is 0.323 e. The van der Waals surface area contributed by atoms with E-state index in [0.29, 0.717) is 5.56 Å². The van der Waals surface area contributed by atoms with Crippen LogP contribution < -0.4 is 15.2 Å². The molecule has 1 aromatic carbocycles. The molecule has 0 aliphatic carbocycles. The molecule has 1 aromatic rings. The number of hydrogen-bond donors (Lipinski definition) is 1. The zero-order valence-electron chi connectivity index (χ0n) is 20.9. The molecule has 0 heterocycles. The number of nitrogens with two attached hydrogens (primary N) is 1. The van der Waals surface area contributed by atoms with E-state index in [4.69, 9.17) is 24.7 Å². The predicted molar refractivity (Wildman–Crippen MR) is 125 cm³/mol. The Morgan fingerprint density at radius 3 is 1.88 bits per heavy atom. The number of benzene rings is 1. The number of hydrogen-bond acceptors (Lipinski definition) is 9. The predicted octanol–water partition coefficient (Wildman–Crippen LogP) is 3.49. The summed E-state index contributed by atoms with van der Waals surface area (Å²) < 4.78 is 21.3. The Hall–Kier alpha value is -2.94. The summed E-state index contributed by atoms with van der Waals surface area (Å²) in [6.07, 6.45) is 0.648. The molecule has 1 unspecified atom stereocenters. The van der Waals surface area contributed by atoms with Gasteiger partial charge in [0, 0.05) is 12.8 Å². The van der Waals surface area contributed by atoms with Gasteiger partial charge in [-0.3, -0.25) is 19.2 Å². The number of esters is 4. The van der Waals surface area contributed by atoms with E-state index in [2.05, 4.69) is 0 Å². The maximum atomic E-state index is 12.5. The molecule has 0 spiro atoms. The third-order valence-corrected chi connectivity index (χ3v) is 5.18. The Kier molecular flexibility index (Phi) is 12.3. The molecular formula is C25H37NO8. The molecule has 0 aliphatic rings. The SMILES string of the molecule is CCCC(C)C(=O)O[C@@H](C)[C@H](C)OC(=O)[C@@H](N)Cc1ccc(OC(=O)CC)c(OC(=O)CC)c1. The Balaban J connectivity index is 2.81.